The molecule has 1 fully saturated rings. The average molecular weight is 460 g/mol. The molecule has 4 rings (SSSR count). The molecule has 1 aliphatic heterocycles. The first-order valence-electron chi connectivity index (χ1n) is 12.6. The van der Waals surface area contributed by atoms with Gasteiger partial charge in [0.15, 0.2) is 0 Å². The SMILES string of the molecule is CC.CC#C/C(=C\NCC)c1ccc2c(c1)C[C@@H](C)[C@H](C1CC1)N2C(C)=O.Nc1ccccc1. The molecule has 1 aliphatic carbocycles. The van der Waals surface area contributed by atoms with Gasteiger partial charge in [-0.3, -0.25) is 4.79 Å². The Hall–Kier alpha value is -3.19. The molecule has 0 bridgehead atoms. The van der Waals surface area contributed by atoms with E-state index in [4.69, 9.17) is 5.73 Å². The van der Waals surface area contributed by atoms with Crippen molar-refractivity contribution in [2.45, 2.75) is 66.8 Å². The summed E-state index contributed by atoms with van der Waals surface area (Å²) in [7, 11) is 0. The largest absolute Gasteiger partial charge is 0.399 e. The quantitative estimate of drug-likeness (QED) is 0.418. The molecule has 1 heterocycles. The Bertz CT molecular complexity index is 1010. The molecule has 0 unspecified atom stereocenters. The smallest absolute Gasteiger partial charge is 0.224 e. The lowest BCUT2D eigenvalue weighted by molar-refractivity contribution is -0.117. The van der Waals surface area contributed by atoms with E-state index >= 15 is 0 Å². The highest BCUT2D eigenvalue weighted by Crippen LogP contribution is 2.45. The normalized spacial score (nSPS) is 18.6. The van der Waals surface area contributed by atoms with Crippen molar-refractivity contribution in [2.24, 2.45) is 11.8 Å². The number of allylic oxidation sites excluding steroid dienone is 1. The number of anilines is 2. The van der Waals surface area contributed by atoms with Crippen LogP contribution in [0.3, 0.4) is 0 Å². The van der Waals surface area contributed by atoms with E-state index in [-0.39, 0.29) is 5.91 Å². The fourth-order valence-electron chi connectivity index (χ4n) is 4.51. The number of nitrogen functional groups attached to an aromatic ring is 1. The number of carbonyl (C=O) groups excluding carboxylic acids is 1. The van der Waals surface area contributed by atoms with Crippen molar-refractivity contribution < 1.29 is 4.79 Å². The molecule has 2 atom stereocenters. The Balaban J connectivity index is 0.000000384. The van der Waals surface area contributed by atoms with Crippen molar-refractivity contribution in [3.8, 4) is 11.8 Å². The Morgan fingerprint density at radius 3 is 2.35 bits per heavy atom. The number of nitrogens with zero attached hydrogens (tertiary/aromatic N) is 1. The maximum atomic E-state index is 12.4. The minimum Gasteiger partial charge on any atom is -0.399 e. The second-order valence-corrected chi connectivity index (χ2v) is 8.64. The molecule has 2 aliphatic rings. The van der Waals surface area contributed by atoms with Crippen molar-refractivity contribution in [2.75, 3.05) is 17.2 Å². The molecule has 3 N–H and O–H groups in total. The third-order valence-corrected chi connectivity index (χ3v) is 6.03. The number of benzene rings is 2. The number of carbonyl (C=O) groups is 1. The predicted molar refractivity (Wildman–Crippen MR) is 146 cm³/mol. The van der Waals surface area contributed by atoms with Gasteiger partial charge in [-0.25, -0.2) is 0 Å². The van der Waals surface area contributed by atoms with Gasteiger partial charge in [-0.2, -0.15) is 0 Å². The molecule has 2 aromatic rings. The lowest BCUT2D eigenvalue weighted by Gasteiger charge is -2.41. The molecule has 0 spiro atoms. The van der Waals surface area contributed by atoms with E-state index in [0.717, 1.165) is 35.5 Å². The molecule has 1 saturated carbocycles. The zero-order valence-electron chi connectivity index (χ0n) is 21.7. The molecule has 1 amide bonds. The Kier molecular flexibility index (Phi) is 10.7. The highest BCUT2D eigenvalue weighted by molar-refractivity contribution is 5.94. The predicted octanol–water partition coefficient (Wildman–Crippen LogP) is 6.28. The Labute approximate surface area is 206 Å². The number of nitrogens with two attached hydrogens (primary N) is 1. The number of fused-ring (bicyclic) bond motifs is 1. The summed E-state index contributed by atoms with van der Waals surface area (Å²) in [6.45, 7) is 12.8. The van der Waals surface area contributed by atoms with E-state index < -0.39 is 0 Å². The van der Waals surface area contributed by atoms with E-state index in [1.165, 1.54) is 18.4 Å². The molecule has 2 aromatic carbocycles. The molecular weight excluding hydrogens is 418 g/mol. The summed E-state index contributed by atoms with van der Waals surface area (Å²) in [6, 6.07) is 16.3. The Morgan fingerprint density at radius 1 is 1.18 bits per heavy atom. The summed E-state index contributed by atoms with van der Waals surface area (Å²) in [4.78, 5) is 14.5. The highest BCUT2D eigenvalue weighted by atomic mass is 16.2. The van der Waals surface area contributed by atoms with E-state index in [1.54, 1.807) is 6.92 Å². The van der Waals surface area contributed by atoms with Crippen LogP contribution in [0.4, 0.5) is 11.4 Å². The highest BCUT2D eigenvalue weighted by Gasteiger charge is 2.43. The summed E-state index contributed by atoms with van der Waals surface area (Å²) >= 11 is 0. The Morgan fingerprint density at radius 2 is 1.85 bits per heavy atom. The van der Waals surface area contributed by atoms with E-state index in [0.29, 0.717) is 17.9 Å². The topological polar surface area (TPSA) is 58.4 Å². The zero-order valence-corrected chi connectivity index (χ0v) is 21.7. The first kappa shape index (κ1) is 27.1. The van der Waals surface area contributed by atoms with Crippen LogP contribution in [0.25, 0.3) is 5.57 Å². The maximum Gasteiger partial charge on any atom is 0.224 e. The third-order valence-electron chi connectivity index (χ3n) is 6.03. The summed E-state index contributed by atoms with van der Waals surface area (Å²) in [5, 5.41) is 3.25. The van der Waals surface area contributed by atoms with Gasteiger partial charge in [-0.15, -0.1) is 5.92 Å². The van der Waals surface area contributed by atoms with Crippen LogP contribution in [0.15, 0.2) is 54.7 Å². The third kappa shape index (κ3) is 7.15. The molecule has 0 radical (unpaired) electrons. The molecule has 34 heavy (non-hydrogen) atoms. The van der Waals surface area contributed by atoms with Gasteiger partial charge in [0.25, 0.3) is 0 Å². The van der Waals surface area contributed by atoms with Gasteiger partial charge in [0.1, 0.15) is 0 Å². The van der Waals surface area contributed by atoms with Crippen molar-refractivity contribution >= 4 is 22.9 Å². The number of para-hydroxylation sites is 1. The summed E-state index contributed by atoms with van der Waals surface area (Å²) in [5.41, 5.74) is 10.7. The summed E-state index contributed by atoms with van der Waals surface area (Å²) in [6.07, 6.45) is 5.53. The second-order valence-electron chi connectivity index (χ2n) is 8.64. The van der Waals surface area contributed by atoms with Crippen molar-refractivity contribution in [1.82, 2.24) is 5.32 Å². The van der Waals surface area contributed by atoms with Crippen molar-refractivity contribution in [1.29, 1.82) is 0 Å². The first-order chi connectivity index (χ1) is 16.5. The maximum absolute atomic E-state index is 12.4. The lowest BCUT2D eigenvalue weighted by atomic mass is 9.83. The fraction of sp³-hybridized carbons (Fsp3) is 0.433. The van der Waals surface area contributed by atoms with Gasteiger partial charge in [-0.05, 0) is 80.3 Å². The first-order valence-corrected chi connectivity index (χ1v) is 12.6. The van der Waals surface area contributed by atoms with Crippen LogP contribution in [-0.4, -0.2) is 18.5 Å². The van der Waals surface area contributed by atoms with Crippen LogP contribution in [0.1, 0.15) is 65.5 Å². The van der Waals surface area contributed by atoms with Gasteiger partial charge >= 0.3 is 0 Å². The molecule has 0 saturated heterocycles. The van der Waals surface area contributed by atoms with E-state index in [1.807, 2.05) is 57.3 Å². The van der Waals surface area contributed by atoms with Crippen LogP contribution in [0, 0.1) is 23.7 Å². The number of amides is 1. The molecule has 0 aromatic heterocycles. The van der Waals surface area contributed by atoms with Gasteiger partial charge in [0.2, 0.25) is 5.91 Å². The van der Waals surface area contributed by atoms with Crippen molar-refractivity contribution in [3.05, 3.63) is 65.9 Å². The molecule has 182 valence electrons. The van der Waals surface area contributed by atoms with E-state index in [2.05, 4.69) is 54.1 Å². The van der Waals surface area contributed by atoms with Gasteiger partial charge in [0, 0.05) is 42.7 Å². The lowest BCUT2D eigenvalue weighted by Crippen LogP contribution is -2.48. The van der Waals surface area contributed by atoms with Crippen LogP contribution < -0.4 is 16.0 Å². The summed E-state index contributed by atoms with van der Waals surface area (Å²) < 4.78 is 0. The average Bonchev–Trinajstić information content (AvgIpc) is 3.68. The van der Waals surface area contributed by atoms with Crippen molar-refractivity contribution in [3.63, 3.8) is 0 Å². The second kappa shape index (κ2) is 13.5. The molecule has 4 heteroatoms. The van der Waals surface area contributed by atoms with Gasteiger partial charge < -0.3 is 16.0 Å². The minimum absolute atomic E-state index is 0.161. The standard InChI is InChI=1S/C22H28N2O.C6H7N.C2H6/c1-5-7-19(14-23-6-2)18-10-11-21-20(13-18)12-15(3)22(17-8-9-17)24(21)16(4)25;7-6-4-2-1-3-5-6;1-2/h10-11,13-15,17,22-23H,6,8-9,12H2,1-4H3;1-5H,7H2;1-2H3/b19-14+;;/t15-,22-;;/m1../s1. The van der Waals surface area contributed by atoms with Crippen LogP contribution in [0.2, 0.25) is 0 Å². The monoisotopic (exact) mass is 459 g/mol. The van der Waals surface area contributed by atoms with Crippen LogP contribution in [0.5, 0.6) is 0 Å². The minimum atomic E-state index is 0.161. The molecular formula is C30H41N3O. The number of nitrogens with one attached hydrogen (secondary N) is 1. The fourth-order valence-corrected chi connectivity index (χ4v) is 4.51. The van der Waals surface area contributed by atoms with Gasteiger partial charge in [-0.1, -0.05) is 51.0 Å². The van der Waals surface area contributed by atoms with Gasteiger partial charge in [0.05, 0.1) is 0 Å². The number of hydrogen-bond donors (Lipinski definition) is 2. The summed E-state index contributed by atoms with van der Waals surface area (Å²) in [5.74, 6) is 7.53. The van der Waals surface area contributed by atoms with E-state index in [9.17, 15) is 4.79 Å². The van der Waals surface area contributed by atoms with Crippen LogP contribution in [-0.2, 0) is 11.2 Å². The molecule has 4 nitrogen and oxygen atoms in total. The van der Waals surface area contributed by atoms with Crippen LogP contribution >= 0.6 is 0 Å². The number of hydrogen-bond acceptors (Lipinski definition) is 3. The zero-order chi connectivity index (χ0) is 25.1. The number of rotatable bonds is 4.